The highest BCUT2D eigenvalue weighted by molar-refractivity contribution is 7.56. The molecule has 2 aromatic heterocycles. The van der Waals surface area contributed by atoms with Gasteiger partial charge in [0.05, 0.1) is 11.4 Å². The predicted molar refractivity (Wildman–Crippen MR) is 107 cm³/mol. The van der Waals surface area contributed by atoms with E-state index in [2.05, 4.69) is 20.3 Å². The summed E-state index contributed by atoms with van der Waals surface area (Å²) in [5.41, 5.74) is 0.393. The second kappa shape index (κ2) is 8.48. The highest BCUT2D eigenvalue weighted by atomic mass is 31.2. The Hall–Kier alpha value is -3.13. The van der Waals surface area contributed by atoms with E-state index in [0.29, 0.717) is 17.7 Å². The van der Waals surface area contributed by atoms with Crippen molar-refractivity contribution in [1.29, 1.82) is 0 Å². The molecule has 0 aromatic carbocycles. The van der Waals surface area contributed by atoms with E-state index in [1.807, 2.05) is 0 Å². The quantitative estimate of drug-likeness (QED) is 0.547. The average molecular weight is 414 g/mol. The lowest BCUT2D eigenvalue weighted by Crippen LogP contribution is -2.37. The van der Waals surface area contributed by atoms with Gasteiger partial charge in [0.1, 0.15) is 11.3 Å². The van der Waals surface area contributed by atoms with Crippen molar-refractivity contribution in [1.82, 2.24) is 20.3 Å². The van der Waals surface area contributed by atoms with E-state index >= 15 is 0 Å². The molecule has 1 aliphatic carbocycles. The van der Waals surface area contributed by atoms with E-state index < -0.39 is 25.1 Å². The van der Waals surface area contributed by atoms with Gasteiger partial charge in [-0.1, -0.05) is 24.3 Å². The number of amides is 1. The number of nitrogens with one attached hydrogen (secondary N) is 2. The van der Waals surface area contributed by atoms with Gasteiger partial charge >= 0.3 is 7.60 Å². The fourth-order valence-electron chi connectivity index (χ4n) is 2.72. The van der Waals surface area contributed by atoms with E-state index in [9.17, 15) is 23.9 Å². The first kappa shape index (κ1) is 20.6. The number of allylic oxidation sites excluding steroid dienone is 4. The lowest BCUT2D eigenvalue weighted by molar-refractivity contribution is 0.0943. The maximum atomic E-state index is 12.5. The summed E-state index contributed by atoms with van der Waals surface area (Å²) in [7, 11) is -4.34. The second-order valence-electron chi connectivity index (χ2n) is 6.33. The summed E-state index contributed by atoms with van der Waals surface area (Å²) >= 11 is 0. The number of carbonyl (C=O) groups is 1. The lowest BCUT2D eigenvalue weighted by atomic mass is 10.1. The molecule has 1 aliphatic rings. The third-order valence-corrected chi connectivity index (χ3v) is 5.27. The Morgan fingerprint density at radius 2 is 2.03 bits per heavy atom. The first-order valence-electron chi connectivity index (χ1n) is 8.71. The van der Waals surface area contributed by atoms with Gasteiger partial charge in [-0.15, -0.1) is 0 Å². The van der Waals surface area contributed by atoms with Crippen LogP contribution >= 0.6 is 7.60 Å². The largest absolute Gasteiger partial charge is 0.355 e. The number of aromatic amines is 1. The zero-order chi connectivity index (χ0) is 21.0. The predicted octanol–water partition coefficient (Wildman–Crippen LogP) is 1.90. The van der Waals surface area contributed by atoms with Crippen LogP contribution < -0.4 is 10.9 Å². The molecule has 4 N–H and O–H groups in total. The SMILES string of the molecule is CC(NC(=O)c1cnc(-c2ccccn2)[nH]c1=O)C1=CCC=C(P(=O)(O)O)C=C1. The van der Waals surface area contributed by atoms with Crippen molar-refractivity contribution >= 4 is 13.5 Å². The van der Waals surface area contributed by atoms with Crippen LogP contribution in [0.1, 0.15) is 23.7 Å². The van der Waals surface area contributed by atoms with Crippen molar-refractivity contribution in [2.75, 3.05) is 0 Å². The van der Waals surface area contributed by atoms with E-state index in [4.69, 9.17) is 0 Å². The highest BCUT2D eigenvalue weighted by Gasteiger charge is 2.21. The summed E-state index contributed by atoms with van der Waals surface area (Å²) in [6.45, 7) is 1.71. The van der Waals surface area contributed by atoms with Gasteiger partial charge in [0, 0.05) is 12.4 Å². The summed E-state index contributed by atoms with van der Waals surface area (Å²) in [5, 5.41) is 2.62. The first-order valence-corrected chi connectivity index (χ1v) is 10.3. The minimum atomic E-state index is -4.34. The molecule has 0 saturated heterocycles. The lowest BCUT2D eigenvalue weighted by Gasteiger charge is -2.15. The summed E-state index contributed by atoms with van der Waals surface area (Å²) in [4.78, 5) is 54.1. The Morgan fingerprint density at radius 1 is 1.24 bits per heavy atom. The zero-order valence-corrected chi connectivity index (χ0v) is 16.3. The van der Waals surface area contributed by atoms with Gasteiger partial charge in [0.25, 0.3) is 11.5 Å². The van der Waals surface area contributed by atoms with Crippen LogP contribution in [-0.2, 0) is 4.57 Å². The molecule has 0 fully saturated rings. The molecule has 0 bridgehead atoms. The van der Waals surface area contributed by atoms with Crippen LogP contribution in [-0.4, -0.2) is 36.7 Å². The molecule has 2 aromatic rings. The van der Waals surface area contributed by atoms with Crippen molar-refractivity contribution in [2.24, 2.45) is 0 Å². The molecule has 9 nitrogen and oxygen atoms in total. The first-order chi connectivity index (χ1) is 13.8. The van der Waals surface area contributed by atoms with Gasteiger partial charge < -0.3 is 20.1 Å². The van der Waals surface area contributed by atoms with Crippen molar-refractivity contribution < 1.29 is 19.1 Å². The molecule has 0 radical (unpaired) electrons. The van der Waals surface area contributed by atoms with Gasteiger partial charge in [-0.2, -0.15) is 0 Å². The van der Waals surface area contributed by atoms with E-state index in [1.54, 1.807) is 37.4 Å². The number of nitrogens with zero attached hydrogens (tertiary/aromatic N) is 2. The molecule has 29 heavy (non-hydrogen) atoms. The van der Waals surface area contributed by atoms with Gasteiger partial charge in [-0.3, -0.25) is 19.1 Å². The topological polar surface area (TPSA) is 145 Å². The van der Waals surface area contributed by atoms with Crippen LogP contribution in [0, 0.1) is 0 Å². The third kappa shape index (κ3) is 5.03. The monoisotopic (exact) mass is 414 g/mol. The van der Waals surface area contributed by atoms with E-state index in [-0.39, 0.29) is 16.7 Å². The van der Waals surface area contributed by atoms with Crippen LogP contribution in [0.25, 0.3) is 11.5 Å². The average Bonchev–Trinajstić information content (AvgIpc) is 2.95. The highest BCUT2D eigenvalue weighted by Crippen LogP contribution is 2.46. The number of hydrogen-bond donors (Lipinski definition) is 4. The van der Waals surface area contributed by atoms with Crippen LogP contribution in [0.5, 0.6) is 0 Å². The Kier molecular flexibility index (Phi) is 6.03. The van der Waals surface area contributed by atoms with Crippen LogP contribution in [0.15, 0.2) is 70.6 Å². The molecule has 3 rings (SSSR count). The maximum Gasteiger partial charge on any atom is 0.355 e. The fraction of sp³-hybridized carbons (Fsp3) is 0.158. The summed E-state index contributed by atoms with van der Waals surface area (Å²) in [6.07, 6.45) is 9.12. The fourth-order valence-corrected chi connectivity index (χ4v) is 3.33. The van der Waals surface area contributed by atoms with Gasteiger partial charge in [-0.25, -0.2) is 4.98 Å². The molecular formula is C19H19N4O5P. The van der Waals surface area contributed by atoms with E-state index in [1.165, 1.54) is 24.4 Å². The Labute approximate surface area is 166 Å². The Balaban J connectivity index is 1.73. The van der Waals surface area contributed by atoms with Crippen molar-refractivity contribution in [2.45, 2.75) is 19.4 Å². The van der Waals surface area contributed by atoms with Gasteiger partial charge in [0.15, 0.2) is 5.82 Å². The van der Waals surface area contributed by atoms with E-state index in [0.717, 1.165) is 0 Å². The molecule has 0 saturated carbocycles. The molecule has 10 heteroatoms. The Bertz CT molecular complexity index is 1110. The molecule has 2 heterocycles. The number of carbonyl (C=O) groups excluding carboxylic acids is 1. The normalized spacial score (nSPS) is 15.1. The molecule has 1 amide bonds. The van der Waals surface area contributed by atoms with Gasteiger partial charge in [0.2, 0.25) is 0 Å². The van der Waals surface area contributed by atoms with Gasteiger partial charge in [-0.05, 0) is 37.1 Å². The van der Waals surface area contributed by atoms with Crippen LogP contribution in [0.2, 0.25) is 0 Å². The maximum absolute atomic E-state index is 12.5. The van der Waals surface area contributed by atoms with Crippen LogP contribution in [0.4, 0.5) is 0 Å². The zero-order valence-electron chi connectivity index (χ0n) is 15.4. The molecule has 1 unspecified atom stereocenters. The van der Waals surface area contributed by atoms with Crippen molar-refractivity contribution in [3.05, 3.63) is 81.7 Å². The second-order valence-corrected chi connectivity index (χ2v) is 7.94. The number of H-pyrrole nitrogens is 1. The number of rotatable bonds is 5. The molecule has 1 atom stereocenters. The molecular weight excluding hydrogens is 395 g/mol. The standard InChI is InChI=1S/C19H19N4O5P/c1-12(13-5-4-6-14(9-8-13)29(26,27)28)22-18(24)15-11-21-17(23-19(15)25)16-7-2-3-10-20-16/h2-3,5-12H,4H2,1H3,(H,22,24)(H,21,23,25)(H2,26,27,28). The number of aromatic nitrogens is 3. The minimum Gasteiger partial charge on any atom is -0.345 e. The number of hydrogen-bond acceptors (Lipinski definition) is 5. The molecule has 150 valence electrons. The number of pyridine rings is 1. The van der Waals surface area contributed by atoms with Crippen LogP contribution in [0.3, 0.4) is 0 Å². The molecule has 0 aliphatic heterocycles. The Morgan fingerprint density at radius 3 is 2.69 bits per heavy atom. The summed E-state index contributed by atoms with van der Waals surface area (Å²) < 4.78 is 11.4. The summed E-state index contributed by atoms with van der Waals surface area (Å²) in [6, 6.07) is 4.69. The molecule has 0 spiro atoms. The third-order valence-electron chi connectivity index (χ3n) is 4.26. The van der Waals surface area contributed by atoms with Crippen molar-refractivity contribution in [3.63, 3.8) is 0 Å². The minimum absolute atomic E-state index is 0.0759. The smallest absolute Gasteiger partial charge is 0.345 e. The van der Waals surface area contributed by atoms with Crippen molar-refractivity contribution in [3.8, 4) is 11.5 Å². The summed E-state index contributed by atoms with van der Waals surface area (Å²) in [5.74, 6) is -0.355.